The normalized spacial score (nSPS) is 15.5. The quantitative estimate of drug-likeness (QED) is 0.813. The van der Waals surface area contributed by atoms with Gasteiger partial charge in [0.15, 0.2) is 11.5 Å². The molecular formula is C20H22N2O3. The van der Waals surface area contributed by atoms with Gasteiger partial charge in [0.05, 0.1) is 19.9 Å². The number of methoxy groups -OCH3 is 2. The molecule has 1 aliphatic rings. The van der Waals surface area contributed by atoms with Crippen molar-refractivity contribution in [1.82, 2.24) is 0 Å². The van der Waals surface area contributed by atoms with Gasteiger partial charge in [0, 0.05) is 28.9 Å². The Kier molecular flexibility index (Phi) is 4.65. The first kappa shape index (κ1) is 16.9. The number of anilines is 2. The summed E-state index contributed by atoms with van der Waals surface area (Å²) in [6, 6.07) is 11.8. The summed E-state index contributed by atoms with van der Waals surface area (Å²) in [5, 5.41) is 6.27. The summed E-state index contributed by atoms with van der Waals surface area (Å²) in [4.78, 5) is 12.4. The van der Waals surface area contributed by atoms with Crippen molar-refractivity contribution >= 4 is 22.9 Å². The second-order valence-corrected chi connectivity index (χ2v) is 6.09. The van der Waals surface area contributed by atoms with Crippen molar-refractivity contribution < 1.29 is 14.3 Å². The molecule has 1 aliphatic heterocycles. The molecule has 0 spiro atoms. The molecule has 5 nitrogen and oxygen atoms in total. The Bertz CT molecular complexity index is 826. The maximum Gasteiger partial charge on any atom is 0.256 e. The maximum absolute atomic E-state index is 12.4. The number of ether oxygens (including phenoxy) is 2. The van der Waals surface area contributed by atoms with Gasteiger partial charge >= 0.3 is 0 Å². The molecule has 0 radical (unpaired) electrons. The SMILES string of the molecule is COc1cc2c(cc1OC)C(=CC(C)Nc1ccc(C)cc1)C(=O)N2. The molecule has 0 aliphatic carbocycles. The molecule has 1 amide bonds. The number of amides is 1. The lowest BCUT2D eigenvalue weighted by atomic mass is 10.0. The predicted molar refractivity (Wildman–Crippen MR) is 100 cm³/mol. The van der Waals surface area contributed by atoms with Crippen molar-refractivity contribution in [3.63, 3.8) is 0 Å². The molecule has 3 rings (SSSR count). The van der Waals surface area contributed by atoms with E-state index in [0.29, 0.717) is 17.1 Å². The highest BCUT2D eigenvalue weighted by atomic mass is 16.5. The molecule has 0 aromatic heterocycles. The molecule has 25 heavy (non-hydrogen) atoms. The van der Waals surface area contributed by atoms with Crippen molar-refractivity contribution in [3.05, 3.63) is 53.6 Å². The highest BCUT2D eigenvalue weighted by Crippen LogP contribution is 2.40. The van der Waals surface area contributed by atoms with E-state index in [1.54, 1.807) is 20.3 Å². The largest absolute Gasteiger partial charge is 0.493 e. The number of hydrogen-bond acceptors (Lipinski definition) is 4. The Labute approximate surface area is 147 Å². The highest BCUT2D eigenvalue weighted by Gasteiger charge is 2.27. The first-order valence-corrected chi connectivity index (χ1v) is 8.14. The molecule has 1 heterocycles. The van der Waals surface area contributed by atoms with E-state index in [1.807, 2.05) is 31.2 Å². The number of benzene rings is 2. The van der Waals surface area contributed by atoms with Crippen molar-refractivity contribution in [2.45, 2.75) is 19.9 Å². The van der Waals surface area contributed by atoms with Crippen molar-refractivity contribution in [1.29, 1.82) is 0 Å². The fourth-order valence-corrected chi connectivity index (χ4v) is 2.89. The number of nitrogens with one attached hydrogen (secondary N) is 2. The third kappa shape index (κ3) is 3.45. The van der Waals surface area contributed by atoms with Crippen LogP contribution in [-0.2, 0) is 4.79 Å². The van der Waals surface area contributed by atoms with Crippen LogP contribution >= 0.6 is 0 Å². The summed E-state index contributed by atoms with van der Waals surface area (Å²) >= 11 is 0. The predicted octanol–water partition coefficient (Wildman–Crippen LogP) is 3.85. The van der Waals surface area contributed by atoms with Crippen LogP contribution in [0.4, 0.5) is 11.4 Å². The Hall–Kier alpha value is -2.95. The van der Waals surface area contributed by atoms with Crippen LogP contribution in [0.15, 0.2) is 42.5 Å². The number of fused-ring (bicyclic) bond motifs is 1. The van der Waals surface area contributed by atoms with E-state index in [0.717, 1.165) is 16.9 Å². The summed E-state index contributed by atoms with van der Waals surface area (Å²) in [6.45, 7) is 4.07. The zero-order valence-electron chi connectivity index (χ0n) is 14.8. The van der Waals surface area contributed by atoms with Crippen LogP contribution in [0, 0.1) is 6.92 Å². The highest BCUT2D eigenvalue weighted by molar-refractivity contribution is 6.31. The summed E-state index contributed by atoms with van der Waals surface area (Å²) in [5.41, 5.74) is 4.40. The third-order valence-electron chi connectivity index (χ3n) is 4.17. The lowest BCUT2D eigenvalue weighted by molar-refractivity contribution is -0.110. The summed E-state index contributed by atoms with van der Waals surface area (Å²) < 4.78 is 10.6. The topological polar surface area (TPSA) is 59.6 Å². The van der Waals surface area contributed by atoms with Gasteiger partial charge in [-0.25, -0.2) is 0 Å². The fraction of sp³-hybridized carbons (Fsp3) is 0.250. The number of rotatable bonds is 5. The molecule has 2 N–H and O–H groups in total. The zero-order chi connectivity index (χ0) is 18.0. The van der Waals surface area contributed by atoms with Crippen LogP contribution in [0.5, 0.6) is 11.5 Å². The Morgan fingerprint density at radius 2 is 1.72 bits per heavy atom. The summed E-state index contributed by atoms with van der Waals surface area (Å²) in [5.74, 6) is 1.07. The summed E-state index contributed by atoms with van der Waals surface area (Å²) in [6.07, 6.45) is 1.92. The molecule has 2 aromatic carbocycles. The first-order valence-electron chi connectivity index (χ1n) is 8.14. The van der Waals surface area contributed by atoms with Crippen LogP contribution in [-0.4, -0.2) is 26.2 Å². The zero-order valence-corrected chi connectivity index (χ0v) is 14.8. The molecule has 0 bridgehead atoms. The minimum absolute atomic E-state index is 0.0116. The molecule has 5 heteroatoms. The average molecular weight is 338 g/mol. The standard InChI is InChI=1S/C20H22N2O3/c1-12-5-7-14(8-6-12)21-13(2)9-16-15-10-18(24-3)19(25-4)11-17(15)22-20(16)23/h5-11,13,21H,1-4H3,(H,22,23). The van der Waals surface area contributed by atoms with Gasteiger partial charge in [-0.05, 0) is 38.1 Å². The second kappa shape index (κ2) is 6.89. The smallest absolute Gasteiger partial charge is 0.256 e. The molecule has 0 saturated carbocycles. The maximum atomic E-state index is 12.4. The fourth-order valence-electron chi connectivity index (χ4n) is 2.89. The summed E-state index contributed by atoms with van der Waals surface area (Å²) in [7, 11) is 3.16. The minimum Gasteiger partial charge on any atom is -0.493 e. The molecule has 1 atom stereocenters. The minimum atomic E-state index is -0.122. The van der Waals surface area contributed by atoms with E-state index in [4.69, 9.17) is 9.47 Å². The second-order valence-electron chi connectivity index (χ2n) is 6.09. The number of aryl methyl sites for hydroxylation is 1. The molecule has 0 saturated heterocycles. The van der Waals surface area contributed by atoms with Crippen LogP contribution in [0.2, 0.25) is 0 Å². The van der Waals surface area contributed by atoms with Gasteiger partial charge < -0.3 is 20.1 Å². The first-order chi connectivity index (χ1) is 12.0. The van der Waals surface area contributed by atoms with E-state index in [-0.39, 0.29) is 11.9 Å². The van der Waals surface area contributed by atoms with E-state index in [9.17, 15) is 4.79 Å². The Morgan fingerprint density at radius 3 is 2.36 bits per heavy atom. The lowest BCUT2D eigenvalue weighted by Gasteiger charge is -2.13. The number of carbonyl (C=O) groups excluding carboxylic acids is 1. The van der Waals surface area contributed by atoms with Gasteiger partial charge in [0.2, 0.25) is 0 Å². The van der Waals surface area contributed by atoms with Crippen molar-refractivity contribution in [2.75, 3.05) is 24.9 Å². The van der Waals surface area contributed by atoms with Crippen LogP contribution in [0.1, 0.15) is 18.1 Å². The van der Waals surface area contributed by atoms with Gasteiger partial charge in [-0.2, -0.15) is 0 Å². The molecule has 0 fully saturated rings. The van der Waals surface area contributed by atoms with E-state index >= 15 is 0 Å². The third-order valence-corrected chi connectivity index (χ3v) is 4.17. The van der Waals surface area contributed by atoms with E-state index in [2.05, 4.69) is 29.7 Å². The number of hydrogen-bond donors (Lipinski definition) is 2. The Balaban J connectivity index is 1.88. The van der Waals surface area contributed by atoms with Crippen LogP contribution in [0.25, 0.3) is 5.57 Å². The molecule has 1 unspecified atom stereocenters. The van der Waals surface area contributed by atoms with Gasteiger partial charge in [-0.3, -0.25) is 4.79 Å². The number of carbonyl (C=O) groups is 1. The van der Waals surface area contributed by atoms with E-state index in [1.165, 1.54) is 5.56 Å². The van der Waals surface area contributed by atoms with Crippen LogP contribution < -0.4 is 20.1 Å². The van der Waals surface area contributed by atoms with Crippen molar-refractivity contribution in [2.24, 2.45) is 0 Å². The van der Waals surface area contributed by atoms with Gasteiger partial charge in [0.25, 0.3) is 5.91 Å². The van der Waals surface area contributed by atoms with Gasteiger partial charge in [0.1, 0.15) is 0 Å². The monoisotopic (exact) mass is 338 g/mol. The molecule has 130 valence electrons. The van der Waals surface area contributed by atoms with Crippen LogP contribution in [0.3, 0.4) is 0 Å². The van der Waals surface area contributed by atoms with Gasteiger partial charge in [-0.1, -0.05) is 17.7 Å². The van der Waals surface area contributed by atoms with Crippen molar-refractivity contribution in [3.8, 4) is 11.5 Å². The lowest BCUT2D eigenvalue weighted by Crippen LogP contribution is -2.14. The van der Waals surface area contributed by atoms with E-state index < -0.39 is 0 Å². The molecule has 2 aromatic rings. The molecular weight excluding hydrogens is 316 g/mol. The van der Waals surface area contributed by atoms with Gasteiger partial charge in [-0.15, -0.1) is 0 Å². The average Bonchev–Trinajstić information content (AvgIpc) is 2.90. The Morgan fingerprint density at radius 1 is 1.08 bits per heavy atom.